The minimum absolute atomic E-state index is 0.204. The molecule has 0 amide bonds. The zero-order valence-corrected chi connectivity index (χ0v) is 12.4. The van der Waals surface area contributed by atoms with Crippen LogP contribution in [0.4, 0.5) is 5.69 Å². The SMILES string of the molecule is CC(C)Oc1ccc(NCc2c[nH]c3ccccc23)cc1. The molecule has 0 bridgehead atoms. The number of rotatable bonds is 5. The van der Waals surface area contributed by atoms with Gasteiger partial charge in [-0.05, 0) is 49.7 Å². The normalized spacial score (nSPS) is 11.0. The molecule has 0 saturated carbocycles. The Labute approximate surface area is 125 Å². The van der Waals surface area contributed by atoms with E-state index in [9.17, 15) is 0 Å². The first kappa shape index (κ1) is 13.6. The highest BCUT2D eigenvalue weighted by Crippen LogP contribution is 2.21. The van der Waals surface area contributed by atoms with Crippen molar-refractivity contribution in [2.75, 3.05) is 5.32 Å². The Morgan fingerprint density at radius 1 is 1.05 bits per heavy atom. The fraction of sp³-hybridized carbons (Fsp3) is 0.222. The molecule has 0 unspecified atom stereocenters. The van der Waals surface area contributed by atoms with Crippen LogP contribution in [0.2, 0.25) is 0 Å². The van der Waals surface area contributed by atoms with Crippen molar-refractivity contribution >= 4 is 16.6 Å². The molecule has 108 valence electrons. The lowest BCUT2D eigenvalue weighted by Gasteiger charge is -2.11. The van der Waals surface area contributed by atoms with E-state index in [4.69, 9.17) is 4.74 Å². The molecule has 3 rings (SSSR count). The first-order chi connectivity index (χ1) is 10.2. The van der Waals surface area contributed by atoms with E-state index in [1.807, 2.05) is 44.2 Å². The third-order valence-corrected chi connectivity index (χ3v) is 3.38. The predicted molar refractivity (Wildman–Crippen MR) is 87.8 cm³/mol. The minimum atomic E-state index is 0.204. The van der Waals surface area contributed by atoms with Crippen LogP contribution in [0.1, 0.15) is 19.4 Å². The fourth-order valence-electron chi connectivity index (χ4n) is 2.40. The Bertz CT molecular complexity index is 713. The molecular formula is C18H20N2O. The second-order valence-corrected chi connectivity index (χ2v) is 5.40. The Balaban J connectivity index is 1.67. The van der Waals surface area contributed by atoms with E-state index in [0.29, 0.717) is 0 Å². The maximum atomic E-state index is 5.64. The van der Waals surface area contributed by atoms with Crippen LogP contribution in [0.3, 0.4) is 0 Å². The van der Waals surface area contributed by atoms with Crippen LogP contribution in [-0.2, 0) is 6.54 Å². The van der Waals surface area contributed by atoms with Gasteiger partial charge in [-0.15, -0.1) is 0 Å². The molecular weight excluding hydrogens is 260 g/mol. The van der Waals surface area contributed by atoms with Crippen molar-refractivity contribution in [3.63, 3.8) is 0 Å². The molecule has 0 spiro atoms. The summed E-state index contributed by atoms with van der Waals surface area (Å²) in [5.74, 6) is 0.905. The molecule has 2 N–H and O–H groups in total. The molecule has 1 aromatic heterocycles. The highest BCUT2D eigenvalue weighted by atomic mass is 16.5. The van der Waals surface area contributed by atoms with Gasteiger partial charge in [-0.3, -0.25) is 0 Å². The van der Waals surface area contributed by atoms with Crippen LogP contribution in [0.25, 0.3) is 10.9 Å². The van der Waals surface area contributed by atoms with Gasteiger partial charge < -0.3 is 15.0 Å². The third kappa shape index (κ3) is 3.19. The third-order valence-electron chi connectivity index (χ3n) is 3.38. The molecule has 21 heavy (non-hydrogen) atoms. The van der Waals surface area contributed by atoms with Crippen molar-refractivity contribution in [3.8, 4) is 5.75 Å². The van der Waals surface area contributed by atoms with Crippen LogP contribution < -0.4 is 10.1 Å². The molecule has 0 aliphatic carbocycles. The molecule has 1 heterocycles. The first-order valence-corrected chi connectivity index (χ1v) is 7.28. The molecule has 3 nitrogen and oxygen atoms in total. The summed E-state index contributed by atoms with van der Waals surface area (Å²) in [6.45, 7) is 4.86. The second-order valence-electron chi connectivity index (χ2n) is 5.40. The fourth-order valence-corrected chi connectivity index (χ4v) is 2.40. The highest BCUT2D eigenvalue weighted by molar-refractivity contribution is 5.83. The summed E-state index contributed by atoms with van der Waals surface area (Å²) in [5, 5.41) is 4.71. The second kappa shape index (κ2) is 5.92. The number of ether oxygens (including phenoxy) is 1. The van der Waals surface area contributed by atoms with Crippen LogP contribution >= 0.6 is 0 Å². The average molecular weight is 280 g/mol. The van der Waals surface area contributed by atoms with Crippen LogP contribution in [0.5, 0.6) is 5.75 Å². The van der Waals surface area contributed by atoms with Crippen molar-refractivity contribution in [2.45, 2.75) is 26.5 Å². The van der Waals surface area contributed by atoms with E-state index in [2.05, 4.69) is 34.7 Å². The molecule has 3 heteroatoms. The van der Waals surface area contributed by atoms with Gasteiger partial charge in [0.25, 0.3) is 0 Å². The zero-order chi connectivity index (χ0) is 14.7. The topological polar surface area (TPSA) is 37.0 Å². The van der Waals surface area contributed by atoms with Gasteiger partial charge in [0.1, 0.15) is 5.75 Å². The number of aromatic amines is 1. The van der Waals surface area contributed by atoms with Gasteiger partial charge in [-0.1, -0.05) is 18.2 Å². The van der Waals surface area contributed by atoms with E-state index in [0.717, 1.165) is 18.0 Å². The molecule has 0 radical (unpaired) electrons. The summed E-state index contributed by atoms with van der Waals surface area (Å²) >= 11 is 0. The Kier molecular flexibility index (Phi) is 3.82. The lowest BCUT2D eigenvalue weighted by molar-refractivity contribution is 0.242. The maximum absolute atomic E-state index is 5.64. The number of hydrogen-bond acceptors (Lipinski definition) is 2. The number of H-pyrrole nitrogens is 1. The largest absolute Gasteiger partial charge is 0.491 e. The van der Waals surface area contributed by atoms with Gasteiger partial charge in [-0.25, -0.2) is 0 Å². The molecule has 0 fully saturated rings. The quantitative estimate of drug-likeness (QED) is 0.718. The molecule has 2 aromatic carbocycles. The van der Waals surface area contributed by atoms with Gasteiger partial charge in [0.2, 0.25) is 0 Å². The van der Waals surface area contributed by atoms with Gasteiger partial charge in [-0.2, -0.15) is 0 Å². The molecule has 0 atom stereocenters. The van der Waals surface area contributed by atoms with E-state index in [1.165, 1.54) is 16.5 Å². The lowest BCUT2D eigenvalue weighted by atomic mass is 10.2. The first-order valence-electron chi connectivity index (χ1n) is 7.28. The van der Waals surface area contributed by atoms with E-state index >= 15 is 0 Å². The smallest absolute Gasteiger partial charge is 0.119 e. The minimum Gasteiger partial charge on any atom is -0.491 e. The number of fused-ring (bicyclic) bond motifs is 1. The lowest BCUT2D eigenvalue weighted by Crippen LogP contribution is -2.05. The van der Waals surface area contributed by atoms with Crippen molar-refractivity contribution in [2.24, 2.45) is 0 Å². The van der Waals surface area contributed by atoms with Crippen LogP contribution in [0, 0.1) is 0 Å². The summed E-state index contributed by atoms with van der Waals surface area (Å²) < 4.78 is 5.64. The molecule has 0 saturated heterocycles. The molecule has 0 aliphatic heterocycles. The summed E-state index contributed by atoms with van der Waals surface area (Å²) in [6.07, 6.45) is 2.27. The standard InChI is InChI=1S/C18H20N2O/c1-13(2)21-16-9-7-15(8-10-16)19-11-14-12-20-18-6-4-3-5-17(14)18/h3-10,12-13,19-20H,11H2,1-2H3. The van der Waals surface area contributed by atoms with Crippen molar-refractivity contribution in [1.29, 1.82) is 0 Å². The Hall–Kier alpha value is -2.42. The monoisotopic (exact) mass is 280 g/mol. The molecule has 3 aromatic rings. The van der Waals surface area contributed by atoms with Gasteiger partial charge in [0.05, 0.1) is 6.10 Å². The highest BCUT2D eigenvalue weighted by Gasteiger charge is 2.03. The summed E-state index contributed by atoms with van der Waals surface area (Å²) in [6, 6.07) is 16.4. The number of anilines is 1. The van der Waals surface area contributed by atoms with E-state index < -0.39 is 0 Å². The van der Waals surface area contributed by atoms with E-state index in [1.54, 1.807) is 0 Å². The van der Waals surface area contributed by atoms with Crippen molar-refractivity contribution in [3.05, 3.63) is 60.3 Å². The van der Waals surface area contributed by atoms with Crippen molar-refractivity contribution < 1.29 is 4.74 Å². The number of nitrogens with one attached hydrogen (secondary N) is 2. The number of hydrogen-bond donors (Lipinski definition) is 2. The Morgan fingerprint density at radius 3 is 2.57 bits per heavy atom. The number of para-hydroxylation sites is 1. The zero-order valence-electron chi connectivity index (χ0n) is 12.4. The van der Waals surface area contributed by atoms with Gasteiger partial charge >= 0.3 is 0 Å². The van der Waals surface area contributed by atoms with Gasteiger partial charge in [0.15, 0.2) is 0 Å². The number of benzene rings is 2. The number of aromatic nitrogens is 1. The average Bonchev–Trinajstić information content (AvgIpc) is 2.89. The summed E-state index contributed by atoms with van der Waals surface area (Å²) in [7, 11) is 0. The van der Waals surface area contributed by atoms with Crippen LogP contribution in [-0.4, -0.2) is 11.1 Å². The Morgan fingerprint density at radius 2 is 1.81 bits per heavy atom. The van der Waals surface area contributed by atoms with Crippen LogP contribution in [0.15, 0.2) is 54.7 Å². The van der Waals surface area contributed by atoms with Gasteiger partial charge in [0, 0.05) is 29.3 Å². The predicted octanol–water partition coefficient (Wildman–Crippen LogP) is 4.57. The van der Waals surface area contributed by atoms with E-state index in [-0.39, 0.29) is 6.10 Å². The van der Waals surface area contributed by atoms with Crippen molar-refractivity contribution in [1.82, 2.24) is 4.98 Å². The molecule has 0 aliphatic rings. The maximum Gasteiger partial charge on any atom is 0.119 e. The summed E-state index contributed by atoms with van der Waals surface area (Å²) in [4.78, 5) is 3.30. The summed E-state index contributed by atoms with van der Waals surface area (Å²) in [5.41, 5.74) is 3.54.